The Morgan fingerprint density at radius 3 is 2.07 bits per heavy atom. The highest BCUT2D eigenvalue weighted by atomic mass is 14.7. The van der Waals surface area contributed by atoms with Gasteiger partial charge in [-0.05, 0) is 18.3 Å². The zero-order valence-corrected chi connectivity index (χ0v) is 10.6. The van der Waals surface area contributed by atoms with Crippen molar-refractivity contribution in [3.8, 4) is 0 Å². The zero-order valence-electron chi connectivity index (χ0n) is 10.6. The van der Waals surface area contributed by atoms with Gasteiger partial charge in [0.05, 0.1) is 0 Å². The third kappa shape index (κ3) is 5.64. The van der Waals surface area contributed by atoms with Gasteiger partial charge in [0.1, 0.15) is 0 Å². The molecule has 1 unspecified atom stereocenters. The summed E-state index contributed by atoms with van der Waals surface area (Å²) < 4.78 is 0. The first-order chi connectivity index (χ1) is 6.54. The van der Waals surface area contributed by atoms with Crippen LogP contribution in [0.3, 0.4) is 0 Å². The quantitative estimate of drug-likeness (QED) is 0.585. The lowest BCUT2D eigenvalue weighted by Gasteiger charge is -2.31. The molecule has 1 nitrogen and oxygen atoms in total. The molecule has 0 saturated carbocycles. The molecule has 0 bridgehead atoms. The van der Waals surface area contributed by atoms with Gasteiger partial charge in [-0.3, -0.25) is 0 Å². The summed E-state index contributed by atoms with van der Waals surface area (Å²) in [5.74, 6) is 0. The van der Waals surface area contributed by atoms with Crippen LogP contribution in [-0.2, 0) is 0 Å². The Labute approximate surface area is 90.5 Å². The summed E-state index contributed by atoms with van der Waals surface area (Å²) in [5, 5.41) is 0. The molecule has 0 aliphatic heterocycles. The predicted octanol–water partition coefficient (Wildman–Crippen LogP) is 4.11. The first-order valence-electron chi connectivity index (χ1n) is 6.30. The van der Waals surface area contributed by atoms with Crippen LogP contribution in [0.2, 0.25) is 0 Å². The maximum Gasteiger partial charge on any atom is 0.00902 e. The molecule has 14 heavy (non-hydrogen) atoms. The molecule has 0 aromatic carbocycles. The lowest BCUT2D eigenvalue weighted by atomic mass is 9.78. The van der Waals surface area contributed by atoms with Gasteiger partial charge in [0.2, 0.25) is 0 Å². The normalized spacial score (nSPS) is 14.4. The minimum Gasteiger partial charge on any atom is -0.327 e. The van der Waals surface area contributed by atoms with Crippen molar-refractivity contribution in [3.63, 3.8) is 0 Å². The van der Waals surface area contributed by atoms with Crippen molar-refractivity contribution in [2.24, 2.45) is 11.1 Å². The summed E-state index contributed by atoms with van der Waals surface area (Å²) in [6, 6.07) is 0.389. The molecule has 2 N–H and O–H groups in total. The Hall–Kier alpha value is -0.0400. The van der Waals surface area contributed by atoms with Crippen LogP contribution in [0, 0.1) is 5.41 Å². The van der Waals surface area contributed by atoms with Crippen molar-refractivity contribution in [2.45, 2.75) is 78.7 Å². The highest BCUT2D eigenvalue weighted by molar-refractivity contribution is 4.81. The van der Waals surface area contributed by atoms with Gasteiger partial charge >= 0.3 is 0 Å². The van der Waals surface area contributed by atoms with Crippen molar-refractivity contribution >= 4 is 0 Å². The Bertz CT molecular complexity index is 129. The Morgan fingerprint density at radius 1 is 1.00 bits per heavy atom. The van der Waals surface area contributed by atoms with Gasteiger partial charge in [0.15, 0.2) is 0 Å². The van der Waals surface area contributed by atoms with Gasteiger partial charge < -0.3 is 5.73 Å². The monoisotopic (exact) mass is 199 g/mol. The molecule has 0 saturated heterocycles. The van der Waals surface area contributed by atoms with Crippen LogP contribution in [-0.4, -0.2) is 6.04 Å². The van der Waals surface area contributed by atoms with E-state index >= 15 is 0 Å². The Kier molecular flexibility index (Phi) is 7.26. The van der Waals surface area contributed by atoms with Gasteiger partial charge in [-0.15, -0.1) is 0 Å². The molecule has 0 heterocycles. The van der Waals surface area contributed by atoms with E-state index in [2.05, 4.69) is 27.7 Å². The fourth-order valence-electron chi connectivity index (χ4n) is 1.82. The molecule has 1 atom stereocenters. The fourth-order valence-corrected chi connectivity index (χ4v) is 1.82. The van der Waals surface area contributed by atoms with Crippen LogP contribution in [0.25, 0.3) is 0 Å². The molecular weight excluding hydrogens is 170 g/mol. The third-order valence-electron chi connectivity index (χ3n) is 3.30. The van der Waals surface area contributed by atoms with Gasteiger partial charge in [0.25, 0.3) is 0 Å². The average molecular weight is 199 g/mol. The molecule has 1 heteroatoms. The molecule has 0 amide bonds. The number of hydrogen-bond donors (Lipinski definition) is 1. The first kappa shape index (κ1) is 14.0. The maximum absolute atomic E-state index is 6.23. The van der Waals surface area contributed by atoms with Crippen LogP contribution >= 0.6 is 0 Å². The van der Waals surface area contributed by atoms with Crippen molar-refractivity contribution in [1.82, 2.24) is 0 Å². The summed E-state index contributed by atoms with van der Waals surface area (Å²) >= 11 is 0. The SMILES string of the molecule is CCCCCC(N)C(C)(C)CCCC. The van der Waals surface area contributed by atoms with E-state index < -0.39 is 0 Å². The standard InChI is InChI=1S/C13H29N/c1-5-7-9-10-12(14)13(3,4)11-8-6-2/h12H,5-11,14H2,1-4H3. The third-order valence-corrected chi connectivity index (χ3v) is 3.30. The van der Waals surface area contributed by atoms with Gasteiger partial charge in [0, 0.05) is 6.04 Å². The zero-order chi connectivity index (χ0) is 11.0. The highest BCUT2D eigenvalue weighted by Gasteiger charge is 2.24. The first-order valence-corrected chi connectivity index (χ1v) is 6.30. The summed E-state index contributed by atoms with van der Waals surface area (Å²) in [5.41, 5.74) is 6.57. The molecule has 86 valence electrons. The molecule has 0 aliphatic carbocycles. The highest BCUT2D eigenvalue weighted by Crippen LogP contribution is 2.29. The van der Waals surface area contributed by atoms with Crippen molar-refractivity contribution in [3.05, 3.63) is 0 Å². The van der Waals surface area contributed by atoms with Gasteiger partial charge in [-0.1, -0.05) is 59.8 Å². The second kappa shape index (κ2) is 7.28. The predicted molar refractivity (Wildman–Crippen MR) is 65.4 cm³/mol. The largest absolute Gasteiger partial charge is 0.327 e. The average Bonchev–Trinajstić information content (AvgIpc) is 2.15. The van der Waals surface area contributed by atoms with Gasteiger partial charge in [-0.25, -0.2) is 0 Å². The smallest absolute Gasteiger partial charge is 0.00902 e. The topological polar surface area (TPSA) is 26.0 Å². The van der Waals surface area contributed by atoms with Crippen LogP contribution in [0.5, 0.6) is 0 Å². The number of rotatable bonds is 8. The van der Waals surface area contributed by atoms with Crippen molar-refractivity contribution in [2.75, 3.05) is 0 Å². The second-order valence-electron chi connectivity index (χ2n) is 5.19. The second-order valence-corrected chi connectivity index (χ2v) is 5.19. The molecule has 0 aliphatic rings. The molecule has 0 fully saturated rings. The molecule has 0 aromatic heterocycles. The van der Waals surface area contributed by atoms with E-state index in [9.17, 15) is 0 Å². The van der Waals surface area contributed by atoms with Crippen LogP contribution < -0.4 is 5.73 Å². The number of nitrogens with two attached hydrogens (primary N) is 1. The summed E-state index contributed by atoms with van der Waals surface area (Å²) in [4.78, 5) is 0. The van der Waals surface area contributed by atoms with E-state index in [4.69, 9.17) is 5.73 Å². The molecule has 0 spiro atoms. The van der Waals surface area contributed by atoms with Crippen LogP contribution in [0.15, 0.2) is 0 Å². The lowest BCUT2D eigenvalue weighted by molar-refractivity contribution is 0.241. The van der Waals surface area contributed by atoms with Crippen LogP contribution in [0.4, 0.5) is 0 Å². The van der Waals surface area contributed by atoms with E-state index in [1.54, 1.807) is 0 Å². The number of hydrogen-bond acceptors (Lipinski definition) is 1. The summed E-state index contributed by atoms with van der Waals surface area (Å²) in [6.45, 7) is 9.13. The van der Waals surface area contributed by atoms with E-state index in [1.165, 1.54) is 44.9 Å². The van der Waals surface area contributed by atoms with E-state index in [1.807, 2.05) is 0 Å². The van der Waals surface area contributed by atoms with E-state index in [-0.39, 0.29) is 0 Å². The van der Waals surface area contributed by atoms with Crippen LogP contribution in [0.1, 0.15) is 72.6 Å². The fraction of sp³-hybridized carbons (Fsp3) is 1.00. The van der Waals surface area contributed by atoms with E-state index in [0.717, 1.165) is 0 Å². The lowest BCUT2D eigenvalue weighted by Crippen LogP contribution is -2.37. The molecule has 0 rings (SSSR count). The summed E-state index contributed by atoms with van der Waals surface area (Å²) in [6.07, 6.45) is 8.99. The minimum atomic E-state index is 0.337. The minimum absolute atomic E-state index is 0.337. The number of unbranched alkanes of at least 4 members (excludes halogenated alkanes) is 3. The summed E-state index contributed by atoms with van der Waals surface area (Å²) in [7, 11) is 0. The molecular formula is C13H29N. The van der Waals surface area contributed by atoms with Crippen molar-refractivity contribution < 1.29 is 0 Å². The maximum atomic E-state index is 6.23. The van der Waals surface area contributed by atoms with Gasteiger partial charge in [-0.2, -0.15) is 0 Å². The Balaban J connectivity index is 3.75. The molecule has 0 radical (unpaired) electrons. The Morgan fingerprint density at radius 2 is 1.57 bits per heavy atom. The van der Waals surface area contributed by atoms with E-state index in [0.29, 0.717) is 11.5 Å². The van der Waals surface area contributed by atoms with Crippen molar-refractivity contribution in [1.29, 1.82) is 0 Å². The molecule has 0 aromatic rings.